The summed E-state index contributed by atoms with van der Waals surface area (Å²) in [5, 5.41) is 4.23. The van der Waals surface area contributed by atoms with E-state index in [4.69, 9.17) is 16.3 Å². The first-order chi connectivity index (χ1) is 10.2. The topological polar surface area (TPSA) is 21.3 Å². The van der Waals surface area contributed by atoms with Gasteiger partial charge in [-0.15, -0.1) is 0 Å². The molecular formula is C18H20ClNO. The summed E-state index contributed by atoms with van der Waals surface area (Å²) < 4.78 is 5.24. The molecule has 0 saturated heterocycles. The second-order valence-electron chi connectivity index (χ2n) is 5.63. The minimum atomic E-state index is 0.161. The molecule has 2 aromatic carbocycles. The molecule has 21 heavy (non-hydrogen) atoms. The molecule has 0 aliphatic heterocycles. The van der Waals surface area contributed by atoms with Gasteiger partial charge in [0.15, 0.2) is 0 Å². The normalized spacial score (nSPS) is 17.3. The Morgan fingerprint density at radius 3 is 2.38 bits per heavy atom. The summed E-state index contributed by atoms with van der Waals surface area (Å²) in [7, 11) is 3.67. The van der Waals surface area contributed by atoms with Gasteiger partial charge >= 0.3 is 0 Å². The minimum absolute atomic E-state index is 0.161. The molecule has 1 aliphatic carbocycles. The molecule has 0 bridgehead atoms. The van der Waals surface area contributed by atoms with Crippen molar-refractivity contribution in [2.45, 2.75) is 24.3 Å². The molecule has 1 atom stereocenters. The van der Waals surface area contributed by atoms with Crippen LogP contribution in [0.2, 0.25) is 5.02 Å². The fourth-order valence-corrected chi connectivity index (χ4v) is 3.53. The van der Waals surface area contributed by atoms with Crippen LogP contribution in [0.3, 0.4) is 0 Å². The lowest BCUT2D eigenvalue weighted by molar-refractivity contribution is 0.413. The number of methoxy groups -OCH3 is 1. The molecule has 0 heterocycles. The van der Waals surface area contributed by atoms with Crippen molar-refractivity contribution >= 4 is 11.6 Å². The van der Waals surface area contributed by atoms with Gasteiger partial charge in [0.1, 0.15) is 5.75 Å². The molecule has 0 aromatic heterocycles. The molecule has 1 saturated carbocycles. The van der Waals surface area contributed by atoms with E-state index in [2.05, 4.69) is 41.7 Å². The zero-order valence-corrected chi connectivity index (χ0v) is 13.2. The molecule has 1 unspecified atom stereocenters. The molecule has 3 heteroatoms. The Morgan fingerprint density at radius 1 is 1.14 bits per heavy atom. The molecular weight excluding hydrogens is 282 g/mol. The van der Waals surface area contributed by atoms with Gasteiger partial charge in [0.05, 0.1) is 7.11 Å². The number of nitrogens with one attached hydrogen (secondary N) is 1. The predicted molar refractivity (Wildman–Crippen MR) is 87.2 cm³/mol. The first kappa shape index (κ1) is 14.4. The smallest absolute Gasteiger partial charge is 0.120 e. The fraction of sp³-hybridized carbons (Fsp3) is 0.333. The van der Waals surface area contributed by atoms with Crippen molar-refractivity contribution in [3.63, 3.8) is 0 Å². The van der Waals surface area contributed by atoms with E-state index in [1.807, 2.05) is 19.2 Å². The lowest BCUT2D eigenvalue weighted by Gasteiger charge is -2.28. The van der Waals surface area contributed by atoms with Crippen molar-refractivity contribution in [2.24, 2.45) is 0 Å². The maximum atomic E-state index is 6.48. The van der Waals surface area contributed by atoms with Crippen molar-refractivity contribution in [3.8, 4) is 5.75 Å². The monoisotopic (exact) mass is 301 g/mol. The van der Waals surface area contributed by atoms with Gasteiger partial charge in [0.2, 0.25) is 0 Å². The second kappa shape index (κ2) is 5.70. The molecule has 0 spiro atoms. The van der Waals surface area contributed by atoms with E-state index < -0.39 is 0 Å². The predicted octanol–water partition coefficient (Wildman–Crippen LogP) is 4.34. The van der Waals surface area contributed by atoms with Gasteiger partial charge in [0, 0.05) is 16.5 Å². The zero-order valence-electron chi connectivity index (χ0n) is 12.4. The van der Waals surface area contributed by atoms with Crippen molar-refractivity contribution in [1.82, 2.24) is 5.32 Å². The van der Waals surface area contributed by atoms with E-state index in [9.17, 15) is 0 Å². The summed E-state index contributed by atoms with van der Waals surface area (Å²) in [6, 6.07) is 16.9. The van der Waals surface area contributed by atoms with Crippen LogP contribution in [0.25, 0.3) is 0 Å². The standard InChI is InChI=1S/C18H20ClNO/c1-20-17(15-9-8-14(21-2)12-16(15)19)18(10-11-18)13-6-4-3-5-7-13/h3-9,12,17,20H,10-11H2,1-2H3. The molecule has 2 aromatic rings. The van der Waals surface area contributed by atoms with E-state index in [0.717, 1.165) is 16.3 Å². The van der Waals surface area contributed by atoms with Crippen molar-refractivity contribution in [1.29, 1.82) is 0 Å². The maximum Gasteiger partial charge on any atom is 0.120 e. The Balaban J connectivity index is 1.99. The third-order valence-electron chi connectivity index (χ3n) is 4.50. The second-order valence-corrected chi connectivity index (χ2v) is 6.04. The van der Waals surface area contributed by atoms with Gasteiger partial charge in [-0.1, -0.05) is 48.0 Å². The van der Waals surface area contributed by atoms with Crippen LogP contribution < -0.4 is 10.1 Å². The first-order valence-electron chi connectivity index (χ1n) is 7.27. The summed E-state index contributed by atoms with van der Waals surface area (Å²) in [4.78, 5) is 0. The Hall–Kier alpha value is -1.51. The molecule has 110 valence electrons. The number of ether oxygens (including phenoxy) is 1. The minimum Gasteiger partial charge on any atom is -0.497 e. The number of likely N-dealkylation sites (N-methyl/N-ethyl adjacent to an activating group) is 1. The zero-order chi connectivity index (χ0) is 14.9. The highest BCUT2D eigenvalue weighted by molar-refractivity contribution is 6.31. The van der Waals surface area contributed by atoms with E-state index in [1.165, 1.54) is 18.4 Å². The molecule has 0 amide bonds. The Bertz CT molecular complexity index is 622. The van der Waals surface area contributed by atoms with Crippen LogP contribution in [0.4, 0.5) is 0 Å². The molecule has 0 radical (unpaired) electrons. The number of hydrogen-bond donors (Lipinski definition) is 1. The quantitative estimate of drug-likeness (QED) is 0.887. The Morgan fingerprint density at radius 2 is 1.86 bits per heavy atom. The molecule has 2 nitrogen and oxygen atoms in total. The Labute approximate surface area is 131 Å². The number of benzene rings is 2. The third-order valence-corrected chi connectivity index (χ3v) is 4.82. The van der Waals surface area contributed by atoms with E-state index in [1.54, 1.807) is 7.11 Å². The van der Waals surface area contributed by atoms with Crippen LogP contribution in [-0.2, 0) is 5.41 Å². The average Bonchev–Trinajstić information content (AvgIpc) is 3.32. The third kappa shape index (κ3) is 2.54. The molecule has 1 aliphatic rings. The van der Waals surface area contributed by atoms with Crippen LogP contribution in [-0.4, -0.2) is 14.2 Å². The van der Waals surface area contributed by atoms with Gasteiger partial charge in [-0.25, -0.2) is 0 Å². The Kier molecular flexibility index (Phi) is 3.92. The first-order valence-corrected chi connectivity index (χ1v) is 7.65. The van der Waals surface area contributed by atoms with E-state index in [-0.39, 0.29) is 11.5 Å². The summed E-state index contributed by atoms with van der Waals surface area (Å²) >= 11 is 6.48. The largest absolute Gasteiger partial charge is 0.497 e. The van der Waals surface area contributed by atoms with Gasteiger partial charge in [0.25, 0.3) is 0 Å². The van der Waals surface area contributed by atoms with E-state index >= 15 is 0 Å². The van der Waals surface area contributed by atoms with Gasteiger partial charge < -0.3 is 10.1 Å². The van der Waals surface area contributed by atoms with Crippen LogP contribution >= 0.6 is 11.6 Å². The van der Waals surface area contributed by atoms with Crippen LogP contribution in [0.15, 0.2) is 48.5 Å². The number of hydrogen-bond acceptors (Lipinski definition) is 2. The summed E-state index contributed by atoms with van der Waals surface area (Å²) in [6.45, 7) is 0. The van der Waals surface area contributed by atoms with Crippen molar-refractivity contribution < 1.29 is 4.74 Å². The number of halogens is 1. The van der Waals surface area contributed by atoms with E-state index in [0.29, 0.717) is 0 Å². The highest BCUT2D eigenvalue weighted by Gasteiger charge is 2.51. The van der Waals surface area contributed by atoms with Gasteiger partial charge in [-0.05, 0) is 43.1 Å². The van der Waals surface area contributed by atoms with Crippen LogP contribution in [0.1, 0.15) is 30.0 Å². The lowest BCUT2D eigenvalue weighted by Crippen LogP contribution is -2.29. The molecule has 1 fully saturated rings. The van der Waals surface area contributed by atoms with Crippen molar-refractivity contribution in [3.05, 3.63) is 64.7 Å². The van der Waals surface area contributed by atoms with Gasteiger partial charge in [-0.3, -0.25) is 0 Å². The fourth-order valence-electron chi connectivity index (χ4n) is 3.25. The average molecular weight is 302 g/mol. The van der Waals surface area contributed by atoms with Gasteiger partial charge in [-0.2, -0.15) is 0 Å². The molecule has 1 N–H and O–H groups in total. The maximum absolute atomic E-state index is 6.48. The lowest BCUT2D eigenvalue weighted by atomic mass is 9.84. The van der Waals surface area contributed by atoms with Crippen LogP contribution in [0, 0.1) is 0 Å². The molecule has 3 rings (SSSR count). The summed E-state index contributed by atoms with van der Waals surface area (Å²) in [5.74, 6) is 0.795. The summed E-state index contributed by atoms with van der Waals surface area (Å²) in [6.07, 6.45) is 2.37. The highest BCUT2D eigenvalue weighted by Crippen LogP contribution is 2.57. The SMILES string of the molecule is CNC(c1ccc(OC)cc1Cl)C1(c2ccccc2)CC1. The highest BCUT2D eigenvalue weighted by atomic mass is 35.5. The summed E-state index contributed by atoms with van der Waals surface area (Å²) in [5.41, 5.74) is 2.69. The van der Waals surface area contributed by atoms with Crippen molar-refractivity contribution in [2.75, 3.05) is 14.2 Å². The number of rotatable bonds is 5. The van der Waals surface area contributed by atoms with Crippen LogP contribution in [0.5, 0.6) is 5.75 Å².